The Morgan fingerprint density at radius 3 is 2.30 bits per heavy atom. The molecule has 0 saturated heterocycles. The largest absolute Gasteiger partial charge is 0.468 e. The molecule has 0 aromatic carbocycles. The van der Waals surface area contributed by atoms with Crippen molar-refractivity contribution < 1.29 is 9.53 Å². The lowest BCUT2D eigenvalue weighted by atomic mass is 10.0. The number of carbonyl (C=O) groups is 1. The molecule has 3 nitrogen and oxygen atoms in total. The molecule has 20 heavy (non-hydrogen) atoms. The fourth-order valence-corrected chi connectivity index (χ4v) is 3.09. The van der Waals surface area contributed by atoms with Gasteiger partial charge in [-0.3, -0.25) is 4.79 Å². The quantitative estimate of drug-likeness (QED) is 0.456. The second kappa shape index (κ2) is 11.1. The molecule has 1 fully saturated rings. The average Bonchev–Trinajstić information content (AvgIpc) is 2.97. The summed E-state index contributed by atoms with van der Waals surface area (Å²) in [6, 6.07) is 0.447. The molecule has 0 aromatic rings. The van der Waals surface area contributed by atoms with E-state index in [0.29, 0.717) is 6.04 Å². The molecule has 1 unspecified atom stereocenters. The second-order valence-electron chi connectivity index (χ2n) is 6.13. The van der Waals surface area contributed by atoms with Gasteiger partial charge in [0.25, 0.3) is 0 Å². The number of esters is 1. The van der Waals surface area contributed by atoms with Crippen LogP contribution in [0, 0.1) is 0 Å². The third-order valence-electron chi connectivity index (χ3n) is 4.37. The highest BCUT2D eigenvalue weighted by atomic mass is 16.5. The van der Waals surface area contributed by atoms with Gasteiger partial charge in [-0.15, -0.1) is 0 Å². The summed E-state index contributed by atoms with van der Waals surface area (Å²) in [7, 11) is 1.50. The normalized spacial score (nSPS) is 17.3. The van der Waals surface area contributed by atoms with Crippen molar-refractivity contribution in [2.24, 2.45) is 0 Å². The first-order valence-corrected chi connectivity index (χ1v) is 8.61. The third kappa shape index (κ3) is 7.28. The van der Waals surface area contributed by atoms with Gasteiger partial charge in [-0.05, 0) is 19.3 Å². The van der Waals surface area contributed by atoms with Gasteiger partial charge in [-0.25, -0.2) is 0 Å². The smallest absolute Gasteiger partial charge is 0.322 e. The lowest BCUT2D eigenvalue weighted by molar-refractivity contribution is -0.143. The first-order chi connectivity index (χ1) is 9.77. The third-order valence-corrected chi connectivity index (χ3v) is 4.37. The molecule has 3 heteroatoms. The van der Waals surface area contributed by atoms with Gasteiger partial charge in [0.15, 0.2) is 0 Å². The molecule has 1 aliphatic rings. The lowest BCUT2D eigenvalue weighted by Crippen LogP contribution is -2.42. The van der Waals surface area contributed by atoms with Crippen molar-refractivity contribution in [2.75, 3.05) is 7.11 Å². The van der Waals surface area contributed by atoms with Gasteiger partial charge < -0.3 is 10.1 Å². The predicted molar refractivity (Wildman–Crippen MR) is 83.8 cm³/mol. The first kappa shape index (κ1) is 17.5. The van der Waals surface area contributed by atoms with E-state index in [-0.39, 0.29) is 12.0 Å². The number of carbonyl (C=O) groups excluding carboxylic acids is 1. The van der Waals surface area contributed by atoms with Crippen LogP contribution in [0.1, 0.15) is 84.0 Å². The molecule has 1 aliphatic carbocycles. The average molecular weight is 283 g/mol. The van der Waals surface area contributed by atoms with Gasteiger partial charge in [-0.2, -0.15) is 0 Å². The molecule has 1 rings (SSSR count). The molecule has 1 N–H and O–H groups in total. The topological polar surface area (TPSA) is 38.3 Å². The summed E-state index contributed by atoms with van der Waals surface area (Å²) in [5, 5.41) is 3.50. The molecular weight excluding hydrogens is 250 g/mol. The van der Waals surface area contributed by atoms with Crippen LogP contribution in [0.5, 0.6) is 0 Å². The van der Waals surface area contributed by atoms with Crippen LogP contribution >= 0.6 is 0 Å². The minimum atomic E-state index is -0.0845. The van der Waals surface area contributed by atoms with Gasteiger partial charge in [0.05, 0.1) is 7.11 Å². The van der Waals surface area contributed by atoms with Gasteiger partial charge in [0.2, 0.25) is 0 Å². The zero-order valence-corrected chi connectivity index (χ0v) is 13.5. The number of methoxy groups -OCH3 is 1. The maximum absolute atomic E-state index is 11.8. The van der Waals surface area contributed by atoms with E-state index in [1.807, 2.05) is 0 Å². The number of hydrogen-bond donors (Lipinski definition) is 1. The second-order valence-corrected chi connectivity index (χ2v) is 6.13. The van der Waals surface area contributed by atoms with E-state index in [2.05, 4.69) is 12.2 Å². The van der Waals surface area contributed by atoms with Crippen LogP contribution in [0.4, 0.5) is 0 Å². The number of nitrogens with one attached hydrogen (secondary N) is 1. The van der Waals surface area contributed by atoms with Crippen LogP contribution in [0.3, 0.4) is 0 Å². The summed E-state index contributed by atoms with van der Waals surface area (Å²) >= 11 is 0. The van der Waals surface area contributed by atoms with Crippen molar-refractivity contribution in [3.05, 3.63) is 0 Å². The van der Waals surface area contributed by atoms with Gasteiger partial charge in [0.1, 0.15) is 6.04 Å². The number of hydrogen-bond acceptors (Lipinski definition) is 3. The molecule has 1 saturated carbocycles. The van der Waals surface area contributed by atoms with Crippen molar-refractivity contribution >= 4 is 5.97 Å². The van der Waals surface area contributed by atoms with E-state index >= 15 is 0 Å². The molecule has 0 heterocycles. The van der Waals surface area contributed by atoms with Crippen molar-refractivity contribution in [1.82, 2.24) is 5.32 Å². The number of unbranched alkanes of at least 4 members (excludes halogenated alkanes) is 6. The molecule has 0 amide bonds. The minimum Gasteiger partial charge on any atom is -0.468 e. The number of ether oxygens (including phenoxy) is 1. The molecule has 118 valence electrons. The highest BCUT2D eigenvalue weighted by Crippen LogP contribution is 2.19. The summed E-state index contributed by atoms with van der Waals surface area (Å²) in [6.07, 6.45) is 15.0. The monoisotopic (exact) mass is 283 g/mol. The van der Waals surface area contributed by atoms with Crippen LogP contribution in [0.25, 0.3) is 0 Å². The van der Waals surface area contributed by atoms with E-state index in [4.69, 9.17) is 4.74 Å². The summed E-state index contributed by atoms with van der Waals surface area (Å²) in [5.41, 5.74) is 0. The molecule has 0 aliphatic heterocycles. The van der Waals surface area contributed by atoms with Crippen LogP contribution in [0.2, 0.25) is 0 Å². The van der Waals surface area contributed by atoms with Crippen LogP contribution < -0.4 is 5.32 Å². The maximum atomic E-state index is 11.8. The summed E-state index contributed by atoms with van der Waals surface area (Å²) in [6.45, 7) is 2.25. The van der Waals surface area contributed by atoms with E-state index in [9.17, 15) is 4.79 Å². The van der Waals surface area contributed by atoms with Crippen molar-refractivity contribution in [2.45, 2.75) is 96.1 Å². The van der Waals surface area contributed by atoms with Crippen LogP contribution in [0.15, 0.2) is 0 Å². The Labute approximate surface area is 124 Å². The SMILES string of the molecule is CCCCCCCCCC(NC1CCCC1)C(=O)OC. The van der Waals surface area contributed by atoms with Crippen molar-refractivity contribution in [3.8, 4) is 0 Å². The van der Waals surface area contributed by atoms with Gasteiger partial charge >= 0.3 is 5.97 Å². The molecule has 0 radical (unpaired) electrons. The number of rotatable bonds is 11. The summed E-state index contributed by atoms with van der Waals surface area (Å²) < 4.78 is 4.93. The van der Waals surface area contributed by atoms with E-state index in [1.54, 1.807) is 0 Å². The molecular formula is C17H33NO2. The fourth-order valence-electron chi connectivity index (χ4n) is 3.09. The zero-order valence-electron chi connectivity index (χ0n) is 13.5. The van der Waals surface area contributed by atoms with Crippen LogP contribution in [-0.2, 0) is 9.53 Å². The predicted octanol–water partition coefficient (Wildman–Crippen LogP) is 4.20. The Kier molecular flexibility index (Phi) is 9.73. The molecule has 0 bridgehead atoms. The standard InChI is InChI=1S/C17H33NO2/c1-3-4-5-6-7-8-9-14-16(17(19)20-2)18-15-12-10-11-13-15/h15-16,18H,3-14H2,1-2H3. The zero-order chi connectivity index (χ0) is 14.6. The van der Waals surface area contributed by atoms with Crippen LogP contribution in [-0.4, -0.2) is 25.2 Å². The van der Waals surface area contributed by atoms with Crippen molar-refractivity contribution in [1.29, 1.82) is 0 Å². The van der Waals surface area contributed by atoms with Crippen molar-refractivity contribution in [3.63, 3.8) is 0 Å². The Morgan fingerprint density at radius 1 is 1.10 bits per heavy atom. The molecule has 1 atom stereocenters. The van der Waals surface area contributed by atoms with E-state index in [1.165, 1.54) is 71.3 Å². The highest BCUT2D eigenvalue weighted by Gasteiger charge is 2.24. The Hall–Kier alpha value is -0.570. The Balaban J connectivity index is 2.14. The molecule has 0 aromatic heterocycles. The lowest BCUT2D eigenvalue weighted by Gasteiger charge is -2.20. The molecule has 0 spiro atoms. The Morgan fingerprint density at radius 2 is 1.70 bits per heavy atom. The summed E-state index contributed by atoms with van der Waals surface area (Å²) in [5.74, 6) is -0.0807. The van der Waals surface area contributed by atoms with Gasteiger partial charge in [-0.1, -0.05) is 64.7 Å². The first-order valence-electron chi connectivity index (χ1n) is 8.61. The highest BCUT2D eigenvalue weighted by molar-refractivity contribution is 5.75. The van der Waals surface area contributed by atoms with E-state index in [0.717, 1.165) is 12.8 Å². The summed E-state index contributed by atoms with van der Waals surface area (Å²) in [4.78, 5) is 11.8. The Bertz CT molecular complexity index is 249. The maximum Gasteiger partial charge on any atom is 0.322 e. The van der Waals surface area contributed by atoms with Gasteiger partial charge in [0, 0.05) is 6.04 Å². The fraction of sp³-hybridized carbons (Fsp3) is 0.941. The van der Waals surface area contributed by atoms with E-state index < -0.39 is 0 Å². The minimum absolute atomic E-state index is 0.0807.